The van der Waals surface area contributed by atoms with E-state index < -0.39 is 11.7 Å². The first-order valence-electron chi connectivity index (χ1n) is 9.24. The van der Waals surface area contributed by atoms with Gasteiger partial charge in [0, 0.05) is 31.7 Å². The number of piperidine rings is 1. The Morgan fingerprint density at radius 2 is 1.96 bits per heavy atom. The largest absolute Gasteiger partial charge is 0.416 e. The fourth-order valence-electron chi connectivity index (χ4n) is 3.09. The van der Waals surface area contributed by atoms with Gasteiger partial charge in [-0.2, -0.15) is 13.2 Å². The van der Waals surface area contributed by atoms with Crippen LogP contribution in [-0.2, 0) is 12.7 Å². The number of rotatable bonds is 5. The summed E-state index contributed by atoms with van der Waals surface area (Å²) in [5, 5.41) is 6.60. The third kappa shape index (κ3) is 6.20. The highest BCUT2D eigenvalue weighted by atomic mass is 19.4. The molecule has 4 nitrogen and oxygen atoms in total. The van der Waals surface area contributed by atoms with Crippen LogP contribution in [0.15, 0.2) is 29.3 Å². The highest BCUT2D eigenvalue weighted by molar-refractivity contribution is 5.80. The lowest BCUT2D eigenvalue weighted by Gasteiger charge is -2.35. The summed E-state index contributed by atoms with van der Waals surface area (Å²) in [6, 6.07) is 6.23. The molecule has 0 aromatic heterocycles. The number of hydrogen-bond acceptors (Lipinski definition) is 2. The van der Waals surface area contributed by atoms with Crippen molar-refractivity contribution in [3.05, 3.63) is 35.4 Å². The first-order chi connectivity index (χ1) is 12.3. The number of benzene rings is 1. The molecule has 1 aliphatic rings. The summed E-state index contributed by atoms with van der Waals surface area (Å²) in [4.78, 5) is 6.92. The van der Waals surface area contributed by atoms with Crippen molar-refractivity contribution < 1.29 is 13.2 Å². The van der Waals surface area contributed by atoms with Gasteiger partial charge in [-0.15, -0.1) is 0 Å². The number of guanidine groups is 1. The van der Waals surface area contributed by atoms with Crippen LogP contribution in [0, 0.1) is 0 Å². The average Bonchev–Trinajstić information content (AvgIpc) is 2.60. The van der Waals surface area contributed by atoms with Gasteiger partial charge >= 0.3 is 6.18 Å². The molecule has 0 radical (unpaired) electrons. The first kappa shape index (κ1) is 20.6. The van der Waals surface area contributed by atoms with Crippen molar-refractivity contribution in [1.29, 1.82) is 0 Å². The van der Waals surface area contributed by atoms with E-state index in [-0.39, 0.29) is 6.54 Å². The molecule has 0 bridgehead atoms. The van der Waals surface area contributed by atoms with Crippen LogP contribution in [0.3, 0.4) is 0 Å². The van der Waals surface area contributed by atoms with E-state index in [2.05, 4.69) is 34.4 Å². The Kier molecular flexibility index (Phi) is 7.32. The lowest BCUT2D eigenvalue weighted by Crippen LogP contribution is -2.49. The number of aliphatic imine (C=N–C) groups is 1. The second-order valence-electron chi connectivity index (χ2n) is 6.94. The maximum absolute atomic E-state index is 12.8. The van der Waals surface area contributed by atoms with Gasteiger partial charge in [0.15, 0.2) is 5.96 Å². The highest BCUT2D eigenvalue weighted by Crippen LogP contribution is 2.29. The molecule has 0 amide bonds. The Hall–Kier alpha value is -1.76. The minimum absolute atomic E-state index is 0.212. The standard InChI is InChI=1S/C19H29F3N4/c1-4-23-18(25-17-8-10-26(11-9-17)14(2)3)24-13-15-6-5-7-16(12-15)19(20,21)22/h5-7,12,14,17H,4,8-11,13H2,1-3H3,(H2,23,24,25). The van der Waals surface area contributed by atoms with Crippen LogP contribution in [-0.4, -0.2) is 42.6 Å². The molecular weight excluding hydrogens is 341 g/mol. The molecule has 0 aliphatic carbocycles. The van der Waals surface area contributed by atoms with Crippen molar-refractivity contribution in [2.75, 3.05) is 19.6 Å². The molecule has 1 saturated heterocycles. The van der Waals surface area contributed by atoms with Crippen LogP contribution in [0.25, 0.3) is 0 Å². The monoisotopic (exact) mass is 370 g/mol. The number of halogens is 3. The molecule has 1 heterocycles. The van der Waals surface area contributed by atoms with Crippen LogP contribution in [0.4, 0.5) is 13.2 Å². The Labute approximate surface area is 153 Å². The maximum Gasteiger partial charge on any atom is 0.416 e. The molecule has 0 unspecified atom stereocenters. The van der Waals surface area contributed by atoms with Gasteiger partial charge in [0.1, 0.15) is 0 Å². The predicted molar refractivity (Wildman–Crippen MR) is 99.1 cm³/mol. The summed E-state index contributed by atoms with van der Waals surface area (Å²) in [6.07, 6.45) is -2.26. The van der Waals surface area contributed by atoms with Crippen LogP contribution in [0.5, 0.6) is 0 Å². The number of nitrogens with zero attached hydrogens (tertiary/aromatic N) is 2. The van der Waals surface area contributed by atoms with Crippen molar-refractivity contribution >= 4 is 5.96 Å². The molecule has 0 saturated carbocycles. The number of likely N-dealkylation sites (tertiary alicyclic amines) is 1. The average molecular weight is 370 g/mol. The fourth-order valence-corrected chi connectivity index (χ4v) is 3.09. The SMILES string of the molecule is CCNC(=NCc1cccc(C(F)(F)F)c1)NC1CCN(C(C)C)CC1. The molecule has 2 rings (SSSR count). The van der Waals surface area contributed by atoms with Gasteiger partial charge in [-0.1, -0.05) is 12.1 Å². The summed E-state index contributed by atoms with van der Waals surface area (Å²) >= 11 is 0. The second kappa shape index (κ2) is 9.26. The molecule has 1 aliphatic heterocycles. The summed E-state index contributed by atoms with van der Waals surface area (Å²) < 4.78 is 38.5. The van der Waals surface area contributed by atoms with E-state index in [0.29, 0.717) is 30.2 Å². The van der Waals surface area contributed by atoms with Gasteiger partial charge in [0.2, 0.25) is 0 Å². The first-order valence-corrected chi connectivity index (χ1v) is 9.24. The van der Waals surface area contributed by atoms with Gasteiger partial charge in [0.05, 0.1) is 12.1 Å². The zero-order valence-electron chi connectivity index (χ0n) is 15.7. The summed E-state index contributed by atoms with van der Waals surface area (Å²) in [5.74, 6) is 0.660. The molecule has 2 N–H and O–H groups in total. The van der Waals surface area contributed by atoms with E-state index in [0.717, 1.165) is 38.1 Å². The second-order valence-corrected chi connectivity index (χ2v) is 6.94. The van der Waals surface area contributed by atoms with Crippen LogP contribution < -0.4 is 10.6 Å². The van der Waals surface area contributed by atoms with E-state index in [1.165, 1.54) is 6.07 Å². The van der Waals surface area contributed by atoms with Crippen LogP contribution in [0.2, 0.25) is 0 Å². The third-order valence-electron chi connectivity index (χ3n) is 4.62. The van der Waals surface area contributed by atoms with E-state index in [1.807, 2.05) is 6.92 Å². The summed E-state index contributed by atoms with van der Waals surface area (Å²) in [7, 11) is 0. The Balaban J connectivity index is 1.97. The topological polar surface area (TPSA) is 39.7 Å². The molecular formula is C19H29F3N4. The number of alkyl halides is 3. The molecule has 0 spiro atoms. The summed E-state index contributed by atoms with van der Waals surface area (Å²) in [5.41, 5.74) is -0.0872. The van der Waals surface area contributed by atoms with Gasteiger partial charge in [-0.05, 0) is 51.3 Å². The van der Waals surface area contributed by atoms with E-state index in [9.17, 15) is 13.2 Å². The summed E-state index contributed by atoms with van der Waals surface area (Å²) in [6.45, 7) is 9.39. The minimum Gasteiger partial charge on any atom is -0.357 e. The highest BCUT2D eigenvalue weighted by Gasteiger charge is 2.30. The smallest absolute Gasteiger partial charge is 0.357 e. The maximum atomic E-state index is 12.8. The zero-order valence-corrected chi connectivity index (χ0v) is 15.7. The third-order valence-corrected chi connectivity index (χ3v) is 4.62. The number of nitrogens with one attached hydrogen (secondary N) is 2. The van der Waals surface area contributed by atoms with E-state index in [4.69, 9.17) is 0 Å². The van der Waals surface area contributed by atoms with Crippen molar-refractivity contribution in [3.63, 3.8) is 0 Å². The van der Waals surface area contributed by atoms with Crippen molar-refractivity contribution in [1.82, 2.24) is 15.5 Å². The quantitative estimate of drug-likeness (QED) is 0.614. The van der Waals surface area contributed by atoms with Crippen LogP contribution in [0.1, 0.15) is 44.7 Å². The molecule has 146 valence electrons. The van der Waals surface area contributed by atoms with Crippen molar-refractivity contribution in [3.8, 4) is 0 Å². The Morgan fingerprint density at radius 1 is 1.27 bits per heavy atom. The molecule has 0 atom stereocenters. The van der Waals surface area contributed by atoms with Crippen molar-refractivity contribution in [2.45, 2.75) is 58.4 Å². The fraction of sp³-hybridized carbons (Fsp3) is 0.632. The lowest BCUT2D eigenvalue weighted by molar-refractivity contribution is -0.137. The van der Waals surface area contributed by atoms with Crippen molar-refractivity contribution in [2.24, 2.45) is 4.99 Å². The zero-order chi connectivity index (χ0) is 19.2. The van der Waals surface area contributed by atoms with Gasteiger partial charge < -0.3 is 15.5 Å². The lowest BCUT2D eigenvalue weighted by atomic mass is 10.0. The van der Waals surface area contributed by atoms with Crippen LogP contribution >= 0.6 is 0 Å². The van der Waals surface area contributed by atoms with E-state index >= 15 is 0 Å². The van der Waals surface area contributed by atoms with Gasteiger partial charge in [-0.25, -0.2) is 4.99 Å². The van der Waals surface area contributed by atoms with Gasteiger partial charge in [0.25, 0.3) is 0 Å². The minimum atomic E-state index is -4.33. The number of hydrogen-bond donors (Lipinski definition) is 2. The molecule has 1 aromatic rings. The van der Waals surface area contributed by atoms with Gasteiger partial charge in [-0.3, -0.25) is 0 Å². The Morgan fingerprint density at radius 3 is 2.54 bits per heavy atom. The predicted octanol–water partition coefficient (Wildman–Crippen LogP) is 3.63. The Bertz CT molecular complexity index is 591. The molecule has 1 aromatic carbocycles. The van der Waals surface area contributed by atoms with E-state index in [1.54, 1.807) is 6.07 Å². The molecule has 7 heteroatoms. The molecule has 1 fully saturated rings. The molecule has 26 heavy (non-hydrogen) atoms. The normalized spacial score (nSPS) is 17.6.